The molecule has 2 nitrogen and oxygen atoms in total. The summed E-state index contributed by atoms with van der Waals surface area (Å²) in [6.45, 7) is 1.72. The SMILES string of the molecule is CN1CCC(O)(c2sccc2Br)C1. The van der Waals surface area contributed by atoms with Gasteiger partial charge in [-0.1, -0.05) is 0 Å². The standard InChI is InChI=1S/C9H12BrNOS/c1-11-4-3-9(12,6-11)8-7(10)2-5-13-8/h2,5,12H,3-4,6H2,1H3. The summed E-state index contributed by atoms with van der Waals surface area (Å²) in [5, 5.41) is 12.4. The van der Waals surface area contributed by atoms with Gasteiger partial charge in [0.25, 0.3) is 0 Å². The van der Waals surface area contributed by atoms with Gasteiger partial charge in [0.1, 0.15) is 5.60 Å². The molecule has 2 heterocycles. The molecule has 0 spiro atoms. The van der Waals surface area contributed by atoms with Crippen LogP contribution in [0.2, 0.25) is 0 Å². The molecule has 1 aromatic heterocycles. The number of hydrogen-bond acceptors (Lipinski definition) is 3. The van der Waals surface area contributed by atoms with Crippen molar-refractivity contribution in [2.75, 3.05) is 20.1 Å². The highest BCUT2D eigenvalue weighted by atomic mass is 79.9. The van der Waals surface area contributed by atoms with E-state index in [1.165, 1.54) is 0 Å². The van der Waals surface area contributed by atoms with Crippen LogP contribution in [-0.2, 0) is 5.60 Å². The predicted octanol–water partition coefficient (Wildman–Crippen LogP) is 2.03. The normalized spacial score (nSPS) is 29.8. The highest BCUT2D eigenvalue weighted by Crippen LogP contribution is 2.38. The smallest absolute Gasteiger partial charge is 0.114 e. The number of thiophene rings is 1. The van der Waals surface area contributed by atoms with E-state index in [0.29, 0.717) is 0 Å². The summed E-state index contributed by atoms with van der Waals surface area (Å²) in [6, 6.07) is 2.00. The second-order valence-corrected chi connectivity index (χ2v) is 5.39. The largest absolute Gasteiger partial charge is 0.383 e. The van der Waals surface area contributed by atoms with E-state index in [2.05, 4.69) is 20.8 Å². The van der Waals surface area contributed by atoms with Crippen LogP contribution in [0.25, 0.3) is 0 Å². The number of β-amino-alcohol motifs (C(OH)–C–C–N with tert-alkyl or cyclic N) is 1. The summed E-state index contributed by atoms with van der Waals surface area (Å²) in [4.78, 5) is 3.23. The van der Waals surface area contributed by atoms with Crippen LogP contribution in [0.15, 0.2) is 15.9 Å². The molecular formula is C9H12BrNOS. The highest BCUT2D eigenvalue weighted by molar-refractivity contribution is 9.10. The third-order valence-corrected chi connectivity index (χ3v) is 4.51. The molecule has 1 fully saturated rings. The van der Waals surface area contributed by atoms with E-state index >= 15 is 0 Å². The quantitative estimate of drug-likeness (QED) is 0.837. The highest BCUT2D eigenvalue weighted by Gasteiger charge is 2.38. The minimum absolute atomic E-state index is 0.623. The minimum atomic E-state index is -0.623. The Hall–Kier alpha value is 0.100. The third-order valence-electron chi connectivity index (χ3n) is 2.48. The molecule has 1 aromatic rings. The summed E-state index contributed by atoms with van der Waals surface area (Å²) in [6.07, 6.45) is 0.836. The third kappa shape index (κ3) is 1.68. The van der Waals surface area contributed by atoms with Crippen LogP contribution in [-0.4, -0.2) is 30.1 Å². The van der Waals surface area contributed by atoms with Crippen LogP contribution in [0.4, 0.5) is 0 Å². The maximum Gasteiger partial charge on any atom is 0.114 e. The molecule has 1 atom stereocenters. The van der Waals surface area contributed by atoms with Crippen LogP contribution in [0.5, 0.6) is 0 Å². The van der Waals surface area contributed by atoms with Crippen molar-refractivity contribution in [1.82, 2.24) is 4.90 Å². The Bertz CT molecular complexity index is 314. The van der Waals surface area contributed by atoms with Crippen molar-refractivity contribution >= 4 is 27.3 Å². The summed E-state index contributed by atoms with van der Waals surface area (Å²) in [7, 11) is 2.04. The molecule has 1 N–H and O–H groups in total. The number of rotatable bonds is 1. The van der Waals surface area contributed by atoms with Gasteiger partial charge in [0.05, 0.1) is 4.88 Å². The monoisotopic (exact) mass is 261 g/mol. The fourth-order valence-electron chi connectivity index (χ4n) is 1.79. The minimum Gasteiger partial charge on any atom is -0.383 e. The molecule has 0 amide bonds. The lowest BCUT2D eigenvalue weighted by Gasteiger charge is -2.21. The maximum absolute atomic E-state index is 10.3. The molecule has 0 saturated carbocycles. The van der Waals surface area contributed by atoms with Crippen molar-refractivity contribution in [3.8, 4) is 0 Å². The zero-order valence-corrected chi connectivity index (χ0v) is 9.86. The van der Waals surface area contributed by atoms with Crippen molar-refractivity contribution in [3.63, 3.8) is 0 Å². The molecule has 13 heavy (non-hydrogen) atoms. The molecule has 1 aliphatic heterocycles. The first-order valence-corrected chi connectivity index (χ1v) is 5.93. The lowest BCUT2D eigenvalue weighted by molar-refractivity contribution is 0.0520. The molecule has 1 aliphatic rings. The Morgan fingerprint density at radius 2 is 2.46 bits per heavy atom. The van der Waals surface area contributed by atoms with Gasteiger partial charge in [0.2, 0.25) is 0 Å². The molecular weight excluding hydrogens is 250 g/mol. The van der Waals surface area contributed by atoms with E-state index in [9.17, 15) is 5.11 Å². The average molecular weight is 262 g/mol. The number of hydrogen-bond donors (Lipinski definition) is 1. The van der Waals surface area contributed by atoms with E-state index in [1.54, 1.807) is 11.3 Å². The van der Waals surface area contributed by atoms with E-state index in [1.807, 2.05) is 18.5 Å². The van der Waals surface area contributed by atoms with E-state index in [0.717, 1.165) is 28.9 Å². The van der Waals surface area contributed by atoms with Crippen LogP contribution >= 0.6 is 27.3 Å². The fourth-order valence-corrected chi connectivity index (χ4v) is 3.65. The summed E-state index contributed by atoms with van der Waals surface area (Å²) in [5.41, 5.74) is -0.623. The van der Waals surface area contributed by atoms with Crippen molar-refractivity contribution in [3.05, 3.63) is 20.8 Å². The molecule has 72 valence electrons. The number of likely N-dealkylation sites (tertiary alicyclic amines) is 1. The van der Waals surface area contributed by atoms with Crippen molar-refractivity contribution in [2.24, 2.45) is 0 Å². The van der Waals surface area contributed by atoms with Crippen LogP contribution in [0.3, 0.4) is 0 Å². The summed E-state index contributed by atoms with van der Waals surface area (Å²) >= 11 is 5.09. The molecule has 0 aromatic carbocycles. The summed E-state index contributed by atoms with van der Waals surface area (Å²) < 4.78 is 1.04. The predicted molar refractivity (Wildman–Crippen MR) is 58.0 cm³/mol. The number of nitrogens with zero attached hydrogens (tertiary/aromatic N) is 1. The first-order valence-electron chi connectivity index (χ1n) is 4.26. The number of halogens is 1. The van der Waals surface area contributed by atoms with E-state index in [-0.39, 0.29) is 0 Å². The molecule has 1 unspecified atom stereocenters. The lowest BCUT2D eigenvalue weighted by Crippen LogP contribution is -2.28. The van der Waals surface area contributed by atoms with Gasteiger partial charge in [0, 0.05) is 17.6 Å². The topological polar surface area (TPSA) is 23.5 Å². The average Bonchev–Trinajstić information content (AvgIpc) is 2.59. The Morgan fingerprint density at radius 3 is 2.92 bits per heavy atom. The second-order valence-electron chi connectivity index (χ2n) is 3.62. The summed E-state index contributed by atoms with van der Waals surface area (Å²) in [5.74, 6) is 0. The molecule has 0 radical (unpaired) electrons. The van der Waals surface area contributed by atoms with Crippen LogP contribution in [0, 0.1) is 0 Å². The Balaban J connectivity index is 2.30. The van der Waals surface area contributed by atoms with Gasteiger partial charge in [-0.15, -0.1) is 11.3 Å². The van der Waals surface area contributed by atoms with Gasteiger partial charge in [-0.3, -0.25) is 0 Å². The molecule has 0 aliphatic carbocycles. The Kier molecular flexibility index (Phi) is 2.49. The first-order chi connectivity index (χ1) is 6.12. The second kappa shape index (κ2) is 3.35. The van der Waals surface area contributed by atoms with Crippen molar-refractivity contribution in [2.45, 2.75) is 12.0 Å². The maximum atomic E-state index is 10.3. The van der Waals surface area contributed by atoms with Gasteiger partial charge >= 0.3 is 0 Å². The first kappa shape index (κ1) is 9.65. The molecule has 2 rings (SSSR count). The molecule has 1 saturated heterocycles. The van der Waals surface area contributed by atoms with Gasteiger partial charge in [-0.05, 0) is 40.8 Å². The number of likely N-dealkylation sites (N-methyl/N-ethyl adjacent to an activating group) is 1. The zero-order chi connectivity index (χ0) is 9.47. The Labute approximate surface area is 90.3 Å². The van der Waals surface area contributed by atoms with E-state index in [4.69, 9.17) is 0 Å². The molecule has 0 bridgehead atoms. The van der Waals surface area contributed by atoms with E-state index < -0.39 is 5.60 Å². The molecule has 4 heteroatoms. The van der Waals surface area contributed by atoms with Crippen LogP contribution in [0.1, 0.15) is 11.3 Å². The number of aliphatic hydroxyl groups is 1. The Morgan fingerprint density at radius 1 is 1.69 bits per heavy atom. The van der Waals surface area contributed by atoms with Crippen molar-refractivity contribution in [1.29, 1.82) is 0 Å². The van der Waals surface area contributed by atoms with Gasteiger partial charge in [-0.2, -0.15) is 0 Å². The van der Waals surface area contributed by atoms with Crippen molar-refractivity contribution < 1.29 is 5.11 Å². The van der Waals surface area contributed by atoms with Crippen LogP contribution < -0.4 is 0 Å². The van der Waals surface area contributed by atoms with Gasteiger partial charge in [-0.25, -0.2) is 0 Å². The van der Waals surface area contributed by atoms with Gasteiger partial charge in [0.15, 0.2) is 0 Å². The zero-order valence-electron chi connectivity index (χ0n) is 7.46. The lowest BCUT2D eigenvalue weighted by atomic mass is 10.0. The fraction of sp³-hybridized carbons (Fsp3) is 0.556. The van der Waals surface area contributed by atoms with Gasteiger partial charge < -0.3 is 10.0 Å².